The third-order valence-corrected chi connectivity index (χ3v) is 5.74. The van der Waals surface area contributed by atoms with Gasteiger partial charge in [-0.25, -0.2) is 14.8 Å². The van der Waals surface area contributed by atoms with Gasteiger partial charge in [0.2, 0.25) is 0 Å². The monoisotopic (exact) mass is 482 g/mol. The van der Waals surface area contributed by atoms with Gasteiger partial charge in [0, 0.05) is 24.5 Å². The summed E-state index contributed by atoms with van der Waals surface area (Å²) in [5.41, 5.74) is 3.44. The van der Waals surface area contributed by atoms with Gasteiger partial charge in [-0.3, -0.25) is 4.79 Å². The molecule has 182 valence electrons. The van der Waals surface area contributed by atoms with Crippen molar-refractivity contribution in [3.8, 4) is 11.5 Å². The van der Waals surface area contributed by atoms with Crippen molar-refractivity contribution in [2.75, 3.05) is 12.4 Å². The van der Waals surface area contributed by atoms with Crippen LogP contribution in [0.15, 0.2) is 79.3 Å². The number of aromatic nitrogens is 5. The van der Waals surface area contributed by atoms with Crippen LogP contribution in [0.4, 0.5) is 5.69 Å². The van der Waals surface area contributed by atoms with Crippen LogP contribution in [0.25, 0.3) is 11.5 Å². The minimum absolute atomic E-state index is 0.0557. The lowest BCUT2D eigenvalue weighted by molar-refractivity contribution is 0.0600. The number of nitrogens with one attached hydrogen (secondary N) is 1. The van der Waals surface area contributed by atoms with E-state index in [9.17, 15) is 9.59 Å². The van der Waals surface area contributed by atoms with E-state index in [0.717, 1.165) is 17.1 Å². The Kier molecular flexibility index (Phi) is 7.60. The fraction of sp³-hybridized carbons (Fsp3) is 0.185. The first kappa shape index (κ1) is 24.5. The highest BCUT2D eigenvalue weighted by Gasteiger charge is 2.12. The number of esters is 1. The Hall–Kier alpha value is -4.66. The van der Waals surface area contributed by atoms with Crippen LogP contribution in [-0.4, -0.2) is 43.6 Å². The zero-order valence-corrected chi connectivity index (χ0v) is 20.3. The molecular formula is C27H26N6O3. The first-order valence-corrected chi connectivity index (χ1v) is 11.4. The topological polar surface area (TPSA) is 112 Å². The quantitative estimate of drug-likeness (QED) is 0.214. The zero-order valence-electron chi connectivity index (χ0n) is 20.3. The number of nitrogens with zero attached hydrogens (tertiary/aromatic N) is 5. The number of carbonyl (C=O) groups excluding carboxylic acids is 2. The molecule has 9 nitrogen and oxygen atoms in total. The van der Waals surface area contributed by atoms with Gasteiger partial charge >= 0.3 is 5.97 Å². The Bertz CT molecular complexity index is 1400. The molecule has 0 bridgehead atoms. The van der Waals surface area contributed by atoms with E-state index < -0.39 is 0 Å². The maximum absolute atomic E-state index is 12.8. The van der Waals surface area contributed by atoms with Gasteiger partial charge in [0.1, 0.15) is 12.0 Å². The van der Waals surface area contributed by atoms with Crippen LogP contribution in [0.5, 0.6) is 0 Å². The second kappa shape index (κ2) is 11.2. The molecule has 1 unspecified atom stereocenters. The van der Waals surface area contributed by atoms with Crippen molar-refractivity contribution in [1.29, 1.82) is 0 Å². The van der Waals surface area contributed by atoms with E-state index >= 15 is 0 Å². The van der Waals surface area contributed by atoms with Gasteiger partial charge in [-0.15, -0.1) is 10.2 Å². The number of methoxy groups -OCH3 is 1. The summed E-state index contributed by atoms with van der Waals surface area (Å²) in [7, 11) is 3.23. The second-order valence-electron chi connectivity index (χ2n) is 8.16. The molecule has 4 aromatic rings. The van der Waals surface area contributed by atoms with Crippen LogP contribution in [-0.2, 0) is 18.3 Å². The fourth-order valence-electron chi connectivity index (χ4n) is 3.63. The Balaban J connectivity index is 1.40. The molecular weight excluding hydrogens is 456 g/mol. The summed E-state index contributed by atoms with van der Waals surface area (Å²) in [4.78, 5) is 32.7. The average Bonchev–Trinajstić information content (AvgIpc) is 3.30. The Morgan fingerprint density at radius 2 is 1.89 bits per heavy atom. The zero-order chi connectivity index (χ0) is 25.5. The summed E-state index contributed by atoms with van der Waals surface area (Å²) in [5, 5.41) is 11.8. The Morgan fingerprint density at radius 1 is 1.08 bits per heavy atom. The predicted octanol–water partition coefficient (Wildman–Crippen LogP) is 4.21. The van der Waals surface area contributed by atoms with Crippen LogP contribution in [0.3, 0.4) is 0 Å². The molecule has 9 heteroatoms. The van der Waals surface area contributed by atoms with Gasteiger partial charge in [-0.1, -0.05) is 37.3 Å². The van der Waals surface area contributed by atoms with Crippen molar-refractivity contribution in [2.24, 2.45) is 7.05 Å². The molecule has 0 aliphatic heterocycles. The summed E-state index contributed by atoms with van der Waals surface area (Å²) in [6.07, 6.45) is 6.52. The molecule has 0 fully saturated rings. The molecule has 0 radical (unpaired) electrons. The highest BCUT2D eigenvalue weighted by molar-refractivity contribution is 6.05. The number of ether oxygens (including phenoxy) is 1. The van der Waals surface area contributed by atoms with E-state index in [-0.39, 0.29) is 17.7 Å². The summed E-state index contributed by atoms with van der Waals surface area (Å²) >= 11 is 0. The van der Waals surface area contributed by atoms with Gasteiger partial charge in [-0.05, 0) is 47.9 Å². The fourth-order valence-corrected chi connectivity index (χ4v) is 3.63. The van der Waals surface area contributed by atoms with Gasteiger partial charge < -0.3 is 14.6 Å². The van der Waals surface area contributed by atoms with E-state index in [1.807, 2.05) is 42.8 Å². The van der Waals surface area contributed by atoms with Crippen molar-refractivity contribution in [3.05, 3.63) is 102 Å². The maximum atomic E-state index is 12.8. The highest BCUT2D eigenvalue weighted by Crippen LogP contribution is 2.20. The van der Waals surface area contributed by atoms with Crippen molar-refractivity contribution >= 4 is 17.4 Å². The number of rotatable bonds is 9. The number of hydrogen-bond acceptors (Lipinski definition) is 8. The maximum Gasteiger partial charge on any atom is 0.337 e. The van der Waals surface area contributed by atoms with Gasteiger partial charge in [0.15, 0.2) is 17.4 Å². The molecule has 2 aromatic carbocycles. The second-order valence-corrected chi connectivity index (χ2v) is 8.16. The number of allylic oxidation sites excluding steroid dienone is 2. The standard InChI is InChI=1S/C27H26N6O3/c1-18(19-6-4-8-21(14-19)27(35)36-3)10-11-24(34)20-7-5-9-22(15-20)29-16-25-31-32-26(33(25)2)23-12-13-28-17-30-23/h4-15,17-18,29H,16H2,1-3H3/b11-10+. The molecule has 0 amide bonds. The van der Waals surface area contributed by atoms with E-state index in [1.54, 1.807) is 48.7 Å². The van der Waals surface area contributed by atoms with Crippen LogP contribution < -0.4 is 5.32 Å². The molecule has 0 saturated carbocycles. The lowest BCUT2D eigenvalue weighted by Crippen LogP contribution is -2.07. The molecule has 4 rings (SSSR count). The van der Waals surface area contributed by atoms with Crippen LogP contribution in [0.2, 0.25) is 0 Å². The molecule has 0 spiro atoms. The molecule has 0 saturated heterocycles. The third-order valence-electron chi connectivity index (χ3n) is 5.74. The highest BCUT2D eigenvalue weighted by atomic mass is 16.5. The number of anilines is 1. The number of hydrogen-bond donors (Lipinski definition) is 1. The predicted molar refractivity (Wildman–Crippen MR) is 135 cm³/mol. The van der Waals surface area contributed by atoms with Crippen molar-refractivity contribution in [2.45, 2.75) is 19.4 Å². The number of carbonyl (C=O) groups is 2. The number of benzene rings is 2. The minimum Gasteiger partial charge on any atom is -0.465 e. The Labute approximate surface area is 208 Å². The Morgan fingerprint density at radius 3 is 2.67 bits per heavy atom. The molecule has 0 aliphatic carbocycles. The normalized spacial score (nSPS) is 11.9. The summed E-state index contributed by atoms with van der Waals surface area (Å²) < 4.78 is 6.65. The lowest BCUT2D eigenvalue weighted by atomic mass is 9.97. The average molecular weight is 483 g/mol. The molecule has 1 atom stereocenters. The number of ketones is 1. The third kappa shape index (κ3) is 5.69. The first-order chi connectivity index (χ1) is 17.5. The first-order valence-electron chi connectivity index (χ1n) is 11.4. The van der Waals surface area contributed by atoms with Crippen molar-refractivity contribution in [1.82, 2.24) is 24.7 Å². The van der Waals surface area contributed by atoms with Crippen molar-refractivity contribution < 1.29 is 14.3 Å². The SMILES string of the molecule is COC(=O)c1cccc(C(C)/C=C/C(=O)c2cccc(NCc3nnc(-c4ccncn4)n3C)c2)c1. The van der Waals surface area contributed by atoms with E-state index in [2.05, 4.69) is 25.5 Å². The molecule has 0 aliphatic rings. The van der Waals surface area contributed by atoms with E-state index in [1.165, 1.54) is 13.4 Å². The summed E-state index contributed by atoms with van der Waals surface area (Å²) in [6, 6.07) is 16.3. The lowest BCUT2D eigenvalue weighted by Gasteiger charge is -2.09. The van der Waals surface area contributed by atoms with E-state index in [0.29, 0.717) is 29.2 Å². The molecule has 1 N–H and O–H groups in total. The van der Waals surface area contributed by atoms with Gasteiger partial charge in [0.05, 0.1) is 19.2 Å². The van der Waals surface area contributed by atoms with Crippen LogP contribution in [0, 0.1) is 0 Å². The van der Waals surface area contributed by atoms with Gasteiger partial charge in [0.25, 0.3) is 0 Å². The smallest absolute Gasteiger partial charge is 0.337 e. The summed E-state index contributed by atoms with van der Waals surface area (Å²) in [6.45, 7) is 2.39. The van der Waals surface area contributed by atoms with Crippen LogP contribution >= 0.6 is 0 Å². The molecule has 36 heavy (non-hydrogen) atoms. The van der Waals surface area contributed by atoms with E-state index in [4.69, 9.17) is 4.74 Å². The molecule has 2 aromatic heterocycles. The minimum atomic E-state index is -0.389. The van der Waals surface area contributed by atoms with Gasteiger partial charge in [-0.2, -0.15) is 0 Å². The molecule has 2 heterocycles. The largest absolute Gasteiger partial charge is 0.465 e. The van der Waals surface area contributed by atoms with Crippen molar-refractivity contribution in [3.63, 3.8) is 0 Å². The van der Waals surface area contributed by atoms with Crippen LogP contribution in [0.1, 0.15) is 44.9 Å². The summed E-state index contributed by atoms with van der Waals surface area (Å²) in [5.74, 6) is 0.817.